The van der Waals surface area contributed by atoms with Crippen LogP contribution in [0.5, 0.6) is 0 Å². The highest BCUT2D eigenvalue weighted by Gasteiger charge is 2.45. The quantitative estimate of drug-likeness (QED) is 0.732. The van der Waals surface area contributed by atoms with E-state index in [0.717, 1.165) is 16.4 Å². The van der Waals surface area contributed by atoms with Crippen molar-refractivity contribution < 1.29 is 31.1 Å². The molecule has 0 saturated heterocycles. The lowest BCUT2D eigenvalue weighted by molar-refractivity contribution is -0.143. The van der Waals surface area contributed by atoms with Crippen molar-refractivity contribution >= 4 is 21.7 Å². The third kappa shape index (κ3) is 3.51. The molecule has 5 nitrogen and oxygen atoms in total. The lowest BCUT2D eigenvalue weighted by Crippen LogP contribution is -2.30. The van der Waals surface area contributed by atoms with Crippen LogP contribution in [0.25, 0.3) is 0 Å². The van der Waals surface area contributed by atoms with Crippen molar-refractivity contribution in [1.29, 1.82) is 0 Å². The molecule has 1 unspecified atom stereocenters. The maximum Gasteiger partial charge on any atom is 0.416 e. The van der Waals surface area contributed by atoms with Crippen LogP contribution in [-0.4, -0.2) is 21.0 Å². The van der Waals surface area contributed by atoms with Gasteiger partial charge < -0.3 is 4.74 Å². The van der Waals surface area contributed by atoms with Gasteiger partial charge in [0.15, 0.2) is 0 Å². The number of nitrogens with zero attached hydrogens (tertiary/aromatic N) is 1. The summed E-state index contributed by atoms with van der Waals surface area (Å²) in [5, 5.41) is 0. The van der Waals surface area contributed by atoms with E-state index < -0.39 is 38.7 Å². The zero-order chi connectivity index (χ0) is 19.8. The summed E-state index contributed by atoms with van der Waals surface area (Å²) >= 11 is 0. The Kier molecular flexibility index (Phi) is 4.90. The van der Waals surface area contributed by atoms with Gasteiger partial charge in [0.2, 0.25) is 0 Å². The van der Waals surface area contributed by atoms with Crippen LogP contribution in [0.1, 0.15) is 30.5 Å². The molecule has 0 aliphatic carbocycles. The Balaban J connectivity index is 2.16. The number of sulfonamides is 1. The van der Waals surface area contributed by atoms with Gasteiger partial charge in [-0.3, -0.25) is 9.10 Å². The zero-order valence-corrected chi connectivity index (χ0v) is 15.0. The predicted octanol–water partition coefficient (Wildman–Crippen LogP) is 3.91. The average molecular weight is 399 g/mol. The Morgan fingerprint density at radius 3 is 2.41 bits per heavy atom. The first-order valence-electron chi connectivity index (χ1n) is 8.12. The van der Waals surface area contributed by atoms with Gasteiger partial charge in [0.25, 0.3) is 10.0 Å². The molecule has 2 aromatic rings. The normalized spacial score (nSPS) is 18.2. The molecule has 144 valence electrons. The molecule has 2 aromatic carbocycles. The largest absolute Gasteiger partial charge is 0.466 e. The van der Waals surface area contributed by atoms with Crippen LogP contribution in [0.2, 0.25) is 0 Å². The number of rotatable bonds is 4. The molecule has 0 fully saturated rings. The molecule has 9 heteroatoms. The van der Waals surface area contributed by atoms with E-state index in [1.165, 1.54) is 12.1 Å². The Labute approximate surface area is 154 Å². The molecule has 27 heavy (non-hydrogen) atoms. The molecular formula is C18H16F3NO4S. The third-order valence-corrected chi connectivity index (χ3v) is 6.09. The van der Waals surface area contributed by atoms with Crippen molar-refractivity contribution in [3.8, 4) is 0 Å². The number of para-hydroxylation sites is 1. The van der Waals surface area contributed by atoms with Crippen LogP contribution in [0.15, 0.2) is 53.4 Å². The highest BCUT2D eigenvalue weighted by molar-refractivity contribution is 7.93. The summed E-state index contributed by atoms with van der Waals surface area (Å²) in [6.45, 7) is 1.73. The number of anilines is 1. The fraction of sp³-hybridized carbons (Fsp3) is 0.278. The van der Waals surface area contributed by atoms with Crippen LogP contribution in [0, 0.1) is 0 Å². The highest BCUT2D eigenvalue weighted by atomic mass is 32.2. The predicted molar refractivity (Wildman–Crippen MR) is 91.5 cm³/mol. The second kappa shape index (κ2) is 6.88. The Morgan fingerprint density at radius 2 is 1.81 bits per heavy atom. The van der Waals surface area contributed by atoms with Crippen LogP contribution in [0.4, 0.5) is 18.9 Å². The summed E-state index contributed by atoms with van der Waals surface area (Å²) in [5.74, 6) is -0.633. The van der Waals surface area contributed by atoms with Crippen LogP contribution >= 0.6 is 0 Å². The minimum Gasteiger partial charge on any atom is -0.466 e. The van der Waals surface area contributed by atoms with Crippen LogP contribution in [0.3, 0.4) is 0 Å². The van der Waals surface area contributed by atoms with E-state index in [-0.39, 0.29) is 24.3 Å². The first kappa shape index (κ1) is 19.2. The average Bonchev–Trinajstić information content (AvgIpc) is 2.82. The maximum absolute atomic E-state index is 13.1. The van der Waals surface area contributed by atoms with Gasteiger partial charge >= 0.3 is 12.1 Å². The molecule has 0 aromatic heterocycles. The number of benzene rings is 2. The van der Waals surface area contributed by atoms with E-state index in [4.69, 9.17) is 4.74 Å². The lowest BCUT2D eigenvalue weighted by Gasteiger charge is -2.25. The molecule has 1 atom stereocenters. The SMILES string of the molecule is CCOC(=O)CC1c2ccc(C(F)(F)F)cc2S(=O)(=O)N1c1ccccc1. The van der Waals surface area contributed by atoms with E-state index >= 15 is 0 Å². The molecule has 0 amide bonds. The van der Waals surface area contributed by atoms with Gasteiger partial charge in [-0.1, -0.05) is 24.3 Å². The number of hydrogen-bond acceptors (Lipinski definition) is 4. The fourth-order valence-electron chi connectivity index (χ4n) is 3.07. The number of fused-ring (bicyclic) bond motifs is 1. The van der Waals surface area contributed by atoms with Crippen molar-refractivity contribution in [1.82, 2.24) is 0 Å². The summed E-state index contributed by atoms with van der Waals surface area (Å²) in [5.41, 5.74) is -0.661. The molecule has 0 spiro atoms. The summed E-state index contributed by atoms with van der Waals surface area (Å²) in [6.07, 6.45) is -4.98. The topological polar surface area (TPSA) is 63.7 Å². The van der Waals surface area contributed by atoms with Gasteiger partial charge in [-0.2, -0.15) is 13.2 Å². The standard InChI is InChI=1S/C18H16F3NO4S/c1-2-26-17(23)11-15-14-9-8-12(18(19,20)21)10-16(14)27(24,25)22(15)13-6-4-3-5-7-13/h3-10,15H,2,11H2,1H3. The minimum absolute atomic E-state index is 0.115. The van der Waals surface area contributed by atoms with Gasteiger partial charge in [-0.25, -0.2) is 8.42 Å². The van der Waals surface area contributed by atoms with E-state index in [1.807, 2.05) is 0 Å². The van der Waals surface area contributed by atoms with Crippen molar-refractivity contribution in [3.05, 3.63) is 59.7 Å². The van der Waals surface area contributed by atoms with Crippen LogP contribution < -0.4 is 4.31 Å². The number of alkyl halides is 3. The molecule has 3 rings (SSSR count). The van der Waals surface area contributed by atoms with Crippen molar-refractivity contribution in [3.63, 3.8) is 0 Å². The number of carbonyl (C=O) groups excluding carboxylic acids is 1. The first-order valence-corrected chi connectivity index (χ1v) is 9.56. The van der Waals surface area contributed by atoms with Gasteiger partial charge in [-0.15, -0.1) is 0 Å². The van der Waals surface area contributed by atoms with E-state index in [1.54, 1.807) is 25.1 Å². The van der Waals surface area contributed by atoms with E-state index in [9.17, 15) is 26.4 Å². The van der Waals surface area contributed by atoms with Crippen LogP contribution in [-0.2, 0) is 25.7 Å². The molecule has 1 heterocycles. The zero-order valence-electron chi connectivity index (χ0n) is 14.2. The fourth-order valence-corrected chi connectivity index (χ4v) is 4.99. The monoisotopic (exact) mass is 399 g/mol. The van der Waals surface area contributed by atoms with Crippen molar-refractivity contribution in [2.24, 2.45) is 0 Å². The van der Waals surface area contributed by atoms with Crippen molar-refractivity contribution in [2.45, 2.75) is 30.5 Å². The smallest absolute Gasteiger partial charge is 0.416 e. The molecule has 0 radical (unpaired) electrons. The molecule has 0 bridgehead atoms. The van der Waals surface area contributed by atoms with E-state index in [0.29, 0.717) is 6.07 Å². The molecular weight excluding hydrogens is 383 g/mol. The maximum atomic E-state index is 13.1. The lowest BCUT2D eigenvalue weighted by atomic mass is 10.0. The van der Waals surface area contributed by atoms with Crippen molar-refractivity contribution in [2.75, 3.05) is 10.9 Å². The van der Waals surface area contributed by atoms with Gasteiger partial charge in [-0.05, 0) is 36.8 Å². The number of esters is 1. The minimum atomic E-state index is -4.68. The Morgan fingerprint density at radius 1 is 1.15 bits per heavy atom. The number of ether oxygens (including phenoxy) is 1. The second-order valence-corrected chi connectivity index (χ2v) is 7.70. The number of carbonyl (C=O) groups is 1. The summed E-state index contributed by atoms with van der Waals surface area (Å²) in [6, 6.07) is 9.51. The summed E-state index contributed by atoms with van der Waals surface area (Å²) in [7, 11) is -4.27. The molecule has 0 saturated carbocycles. The van der Waals surface area contributed by atoms with Gasteiger partial charge in [0, 0.05) is 0 Å². The van der Waals surface area contributed by atoms with Gasteiger partial charge in [0.05, 0.1) is 35.2 Å². The third-order valence-electron chi connectivity index (χ3n) is 4.20. The Bertz CT molecular complexity index is 958. The molecule has 1 aliphatic rings. The van der Waals surface area contributed by atoms with E-state index in [2.05, 4.69) is 0 Å². The Hall–Kier alpha value is -2.55. The second-order valence-electron chi connectivity index (χ2n) is 5.91. The highest BCUT2D eigenvalue weighted by Crippen LogP contribution is 2.46. The number of hydrogen-bond donors (Lipinski definition) is 0. The molecule has 1 aliphatic heterocycles. The number of halogens is 3. The summed E-state index contributed by atoms with van der Waals surface area (Å²) < 4.78 is 71.1. The summed E-state index contributed by atoms with van der Waals surface area (Å²) in [4.78, 5) is 11.6. The first-order chi connectivity index (χ1) is 12.7. The van der Waals surface area contributed by atoms with Gasteiger partial charge in [0.1, 0.15) is 0 Å². The molecule has 0 N–H and O–H groups in total.